The number of thioether (sulfide) groups is 1. The first-order chi connectivity index (χ1) is 9.20. The van der Waals surface area contributed by atoms with Gasteiger partial charge in [-0.1, -0.05) is 30.0 Å². The molecule has 1 saturated heterocycles. The van der Waals surface area contributed by atoms with Crippen molar-refractivity contribution >= 4 is 23.6 Å². The van der Waals surface area contributed by atoms with Crippen LogP contribution in [0.5, 0.6) is 0 Å². The number of amides is 1. The number of carbonyl (C=O) groups is 2. The van der Waals surface area contributed by atoms with Crippen molar-refractivity contribution in [3.8, 4) is 0 Å². The highest BCUT2D eigenvalue weighted by atomic mass is 32.2. The molecule has 0 aromatic heterocycles. The third kappa shape index (κ3) is 1.84. The molecule has 4 nitrogen and oxygen atoms in total. The fourth-order valence-corrected chi connectivity index (χ4v) is 4.19. The van der Waals surface area contributed by atoms with Gasteiger partial charge < -0.3 is 4.74 Å². The van der Waals surface area contributed by atoms with Crippen LogP contribution in [0.1, 0.15) is 19.8 Å². The van der Waals surface area contributed by atoms with Gasteiger partial charge in [-0.25, -0.2) is 4.79 Å². The summed E-state index contributed by atoms with van der Waals surface area (Å²) in [5, 5.41) is 0. The van der Waals surface area contributed by atoms with Gasteiger partial charge in [-0.15, -0.1) is 0 Å². The van der Waals surface area contributed by atoms with Gasteiger partial charge >= 0.3 is 6.09 Å². The van der Waals surface area contributed by atoms with E-state index >= 15 is 0 Å². The van der Waals surface area contributed by atoms with Crippen molar-refractivity contribution in [3.63, 3.8) is 0 Å². The molecule has 0 spiro atoms. The largest absolute Gasteiger partial charge is 0.450 e. The average molecular weight is 277 g/mol. The van der Waals surface area contributed by atoms with Crippen molar-refractivity contribution in [2.75, 3.05) is 6.61 Å². The van der Waals surface area contributed by atoms with Gasteiger partial charge in [0.2, 0.25) is 0 Å². The van der Waals surface area contributed by atoms with Crippen molar-refractivity contribution in [1.29, 1.82) is 0 Å². The zero-order chi connectivity index (χ0) is 13.5. The van der Waals surface area contributed by atoms with Gasteiger partial charge in [-0.3, -0.25) is 9.69 Å². The molecule has 0 bridgehead atoms. The molecule has 1 heterocycles. The molecular formula is C14H15NO3S. The third-order valence-corrected chi connectivity index (χ3v) is 5.09. The van der Waals surface area contributed by atoms with E-state index in [9.17, 15) is 9.59 Å². The summed E-state index contributed by atoms with van der Waals surface area (Å²) >= 11 is 1.47. The number of hydrogen-bond acceptors (Lipinski definition) is 4. The van der Waals surface area contributed by atoms with Crippen LogP contribution in [0.2, 0.25) is 0 Å². The van der Waals surface area contributed by atoms with Crippen LogP contribution in [-0.2, 0) is 9.53 Å². The smallest absolute Gasteiger partial charge is 0.411 e. The van der Waals surface area contributed by atoms with Crippen LogP contribution in [0.25, 0.3) is 0 Å². The summed E-state index contributed by atoms with van der Waals surface area (Å²) in [6, 6.07) is 9.73. The van der Waals surface area contributed by atoms with Crippen molar-refractivity contribution in [3.05, 3.63) is 30.3 Å². The monoisotopic (exact) mass is 277 g/mol. The maximum Gasteiger partial charge on any atom is 0.411 e. The van der Waals surface area contributed by atoms with E-state index in [1.165, 1.54) is 11.8 Å². The van der Waals surface area contributed by atoms with E-state index in [2.05, 4.69) is 0 Å². The minimum absolute atomic E-state index is 0.00394. The molecule has 100 valence electrons. The third-order valence-electron chi connectivity index (χ3n) is 3.58. The van der Waals surface area contributed by atoms with Gasteiger partial charge in [0, 0.05) is 11.3 Å². The van der Waals surface area contributed by atoms with E-state index in [0.29, 0.717) is 13.0 Å². The van der Waals surface area contributed by atoms with Crippen LogP contribution in [0, 0.1) is 0 Å². The van der Waals surface area contributed by atoms with Gasteiger partial charge in [0.05, 0.1) is 12.6 Å². The number of Topliss-reactive ketones (excluding diaryl/α,β-unsaturated/α-hetero) is 1. The van der Waals surface area contributed by atoms with E-state index in [4.69, 9.17) is 4.74 Å². The summed E-state index contributed by atoms with van der Waals surface area (Å²) in [7, 11) is 0. The fourth-order valence-electron chi connectivity index (χ4n) is 2.72. The Morgan fingerprint density at radius 1 is 1.47 bits per heavy atom. The standard InChI is InChI=1S/C14H15NO3S/c1-2-18-13(17)15-11-8-9-12(16)14(11,15)19-10-6-4-3-5-7-10/h3-7,11H,2,8-9H2,1H3. The van der Waals surface area contributed by atoms with Gasteiger partial charge in [0.15, 0.2) is 10.7 Å². The lowest BCUT2D eigenvalue weighted by molar-refractivity contribution is -0.119. The number of benzene rings is 1. The Morgan fingerprint density at radius 2 is 2.21 bits per heavy atom. The highest BCUT2D eigenvalue weighted by Gasteiger charge is 2.74. The summed E-state index contributed by atoms with van der Waals surface area (Å²) in [4.78, 5) is 26.0. The Labute approximate surface area is 116 Å². The first-order valence-corrected chi connectivity index (χ1v) is 7.25. The highest BCUT2D eigenvalue weighted by Crippen LogP contribution is 2.60. The van der Waals surface area contributed by atoms with Crippen molar-refractivity contribution < 1.29 is 14.3 Å². The van der Waals surface area contributed by atoms with Crippen LogP contribution in [-0.4, -0.2) is 34.3 Å². The van der Waals surface area contributed by atoms with E-state index in [1.54, 1.807) is 11.8 Å². The summed E-state index contributed by atoms with van der Waals surface area (Å²) in [5.41, 5.74) is 0. The molecule has 1 aromatic carbocycles. The summed E-state index contributed by atoms with van der Waals surface area (Å²) in [5.74, 6) is 0.138. The lowest BCUT2D eigenvalue weighted by Crippen LogP contribution is -2.28. The topological polar surface area (TPSA) is 46.4 Å². The molecule has 2 unspecified atom stereocenters. The van der Waals surface area contributed by atoms with Gasteiger partial charge in [-0.2, -0.15) is 0 Å². The molecule has 2 aliphatic rings. The molecule has 1 aliphatic carbocycles. The number of piperidine rings is 1. The molecule has 0 N–H and O–H groups in total. The number of nitrogens with zero attached hydrogens (tertiary/aromatic N) is 1. The van der Waals surface area contributed by atoms with Crippen LogP contribution >= 0.6 is 11.8 Å². The molecule has 1 aliphatic heterocycles. The van der Waals surface area contributed by atoms with E-state index in [-0.39, 0.29) is 17.9 Å². The molecule has 19 heavy (non-hydrogen) atoms. The second-order valence-corrected chi connectivity index (χ2v) is 5.96. The number of carbonyl (C=O) groups excluding carboxylic acids is 2. The lowest BCUT2D eigenvalue weighted by atomic mass is 10.3. The molecule has 1 amide bonds. The van der Waals surface area contributed by atoms with Crippen molar-refractivity contribution in [1.82, 2.24) is 4.90 Å². The number of likely N-dealkylation sites (tertiary alicyclic amines) is 1. The highest BCUT2D eigenvalue weighted by molar-refractivity contribution is 8.01. The first-order valence-electron chi connectivity index (χ1n) is 6.43. The SMILES string of the molecule is CCOC(=O)N1C2CCC(=O)C21Sc1ccccc1. The molecule has 1 aromatic rings. The summed E-state index contributed by atoms with van der Waals surface area (Å²) < 4.78 is 5.03. The van der Waals surface area contributed by atoms with Gasteiger partial charge in [-0.05, 0) is 25.5 Å². The Bertz CT molecular complexity index is 519. The Balaban J connectivity index is 1.84. The average Bonchev–Trinajstić information content (AvgIpc) is 2.95. The van der Waals surface area contributed by atoms with Gasteiger partial charge in [0.25, 0.3) is 0 Å². The molecule has 2 fully saturated rings. The Kier molecular flexibility index (Phi) is 3.01. The molecule has 1 saturated carbocycles. The lowest BCUT2D eigenvalue weighted by Gasteiger charge is -2.14. The predicted octanol–water partition coefficient (Wildman–Crippen LogP) is 2.68. The zero-order valence-corrected chi connectivity index (χ0v) is 11.5. The quantitative estimate of drug-likeness (QED) is 0.797. The normalized spacial score (nSPS) is 28.2. The van der Waals surface area contributed by atoms with E-state index < -0.39 is 4.87 Å². The molecule has 2 atom stereocenters. The zero-order valence-electron chi connectivity index (χ0n) is 10.7. The number of ketones is 1. The maximum absolute atomic E-state index is 12.2. The number of fused-ring (bicyclic) bond motifs is 1. The maximum atomic E-state index is 12.2. The van der Waals surface area contributed by atoms with Crippen molar-refractivity contribution in [2.45, 2.75) is 35.6 Å². The minimum atomic E-state index is -0.701. The molecule has 3 rings (SSSR count). The second-order valence-electron chi connectivity index (χ2n) is 4.66. The number of hydrogen-bond donors (Lipinski definition) is 0. The van der Waals surface area contributed by atoms with Crippen molar-refractivity contribution in [2.24, 2.45) is 0 Å². The van der Waals surface area contributed by atoms with Gasteiger partial charge in [0.1, 0.15) is 0 Å². The van der Waals surface area contributed by atoms with Crippen LogP contribution in [0.3, 0.4) is 0 Å². The number of rotatable bonds is 3. The number of ether oxygens (including phenoxy) is 1. The summed E-state index contributed by atoms with van der Waals surface area (Å²) in [6.07, 6.45) is 0.932. The fraction of sp³-hybridized carbons (Fsp3) is 0.429. The molecular weight excluding hydrogens is 262 g/mol. The van der Waals surface area contributed by atoms with Crippen LogP contribution in [0.4, 0.5) is 4.79 Å². The second kappa shape index (κ2) is 4.56. The Morgan fingerprint density at radius 3 is 2.89 bits per heavy atom. The first kappa shape index (κ1) is 12.5. The van der Waals surface area contributed by atoms with Crippen LogP contribution in [0.15, 0.2) is 35.2 Å². The minimum Gasteiger partial charge on any atom is -0.450 e. The molecule has 0 radical (unpaired) electrons. The van der Waals surface area contributed by atoms with Crippen LogP contribution < -0.4 is 0 Å². The Hall–Kier alpha value is -1.49. The predicted molar refractivity (Wildman–Crippen MR) is 71.9 cm³/mol. The summed E-state index contributed by atoms with van der Waals surface area (Å²) in [6.45, 7) is 2.11. The molecule has 5 heteroatoms. The van der Waals surface area contributed by atoms with E-state index in [1.807, 2.05) is 30.3 Å². The van der Waals surface area contributed by atoms with E-state index in [0.717, 1.165) is 11.3 Å².